The second-order valence-corrected chi connectivity index (χ2v) is 6.59. The van der Waals surface area contributed by atoms with Gasteiger partial charge in [0.05, 0.1) is 5.56 Å². The zero-order chi connectivity index (χ0) is 17.5. The number of aromatic hydroxyl groups is 1. The lowest BCUT2D eigenvalue weighted by atomic mass is 9.83. The van der Waals surface area contributed by atoms with Crippen molar-refractivity contribution in [2.24, 2.45) is 0 Å². The van der Waals surface area contributed by atoms with Gasteiger partial charge in [0.25, 0.3) is 0 Å². The molecule has 0 spiro atoms. The van der Waals surface area contributed by atoms with Crippen LogP contribution in [0.5, 0.6) is 5.75 Å². The second-order valence-electron chi connectivity index (χ2n) is 5.86. The van der Waals surface area contributed by atoms with Crippen molar-refractivity contribution in [1.82, 2.24) is 0 Å². The highest BCUT2D eigenvalue weighted by Gasteiger charge is 2.34. The number of hydrogen-bond acceptors (Lipinski definition) is 4. The monoisotopic (exact) mass is 342 g/mol. The minimum Gasteiger partial charge on any atom is -0.507 e. The van der Waals surface area contributed by atoms with E-state index in [0.29, 0.717) is 18.4 Å². The van der Waals surface area contributed by atoms with Crippen LogP contribution in [0.2, 0.25) is 0 Å². The Labute approximate surface area is 138 Å². The Kier molecular flexibility index (Phi) is 7.97. The van der Waals surface area contributed by atoms with Crippen molar-refractivity contribution in [3.63, 3.8) is 0 Å². The molecule has 0 radical (unpaired) electrons. The van der Waals surface area contributed by atoms with Crippen molar-refractivity contribution in [3.05, 3.63) is 29.3 Å². The SMILES string of the molecule is CCCCC(CCCC)(O[PH](=O)O)c1ccc(O)c(C(C)=O)c1. The lowest BCUT2D eigenvalue weighted by Crippen LogP contribution is -2.28. The van der Waals surface area contributed by atoms with Gasteiger partial charge in [-0.1, -0.05) is 45.6 Å². The third kappa shape index (κ3) is 5.45. The normalized spacial score (nSPS) is 13.0. The molecule has 6 heteroatoms. The summed E-state index contributed by atoms with van der Waals surface area (Å²) in [5.74, 6) is -0.335. The highest BCUT2D eigenvalue weighted by molar-refractivity contribution is 7.32. The van der Waals surface area contributed by atoms with Crippen molar-refractivity contribution in [2.45, 2.75) is 64.9 Å². The van der Waals surface area contributed by atoms with Crippen LogP contribution < -0.4 is 0 Å². The summed E-state index contributed by atoms with van der Waals surface area (Å²) in [5, 5.41) is 9.84. The Morgan fingerprint density at radius 2 is 1.78 bits per heavy atom. The van der Waals surface area contributed by atoms with Crippen LogP contribution in [0.15, 0.2) is 18.2 Å². The van der Waals surface area contributed by atoms with Gasteiger partial charge in [0.2, 0.25) is 0 Å². The summed E-state index contributed by atoms with van der Waals surface area (Å²) in [6, 6.07) is 4.72. The van der Waals surface area contributed by atoms with Crippen LogP contribution in [0.3, 0.4) is 0 Å². The number of phenols is 1. The molecule has 0 bridgehead atoms. The van der Waals surface area contributed by atoms with Gasteiger partial charge in [0, 0.05) is 0 Å². The summed E-state index contributed by atoms with van der Waals surface area (Å²) in [6.07, 6.45) is 4.75. The third-order valence-corrected chi connectivity index (χ3v) is 4.62. The van der Waals surface area contributed by atoms with Crippen molar-refractivity contribution in [1.29, 1.82) is 0 Å². The van der Waals surface area contributed by atoms with Crippen LogP contribution in [0.4, 0.5) is 0 Å². The average Bonchev–Trinajstić information content (AvgIpc) is 2.49. The van der Waals surface area contributed by atoms with E-state index in [1.807, 2.05) is 13.8 Å². The molecule has 1 atom stereocenters. The second kappa shape index (κ2) is 9.21. The largest absolute Gasteiger partial charge is 0.507 e. The molecule has 1 aromatic carbocycles. The molecule has 1 aromatic rings. The molecule has 0 fully saturated rings. The molecule has 0 aliphatic carbocycles. The lowest BCUT2D eigenvalue weighted by Gasteiger charge is -2.34. The van der Waals surface area contributed by atoms with E-state index < -0.39 is 13.9 Å². The molecule has 1 rings (SSSR count). The minimum absolute atomic E-state index is 0.0854. The summed E-state index contributed by atoms with van der Waals surface area (Å²) >= 11 is 0. The Balaban J connectivity index is 3.37. The van der Waals surface area contributed by atoms with E-state index in [4.69, 9.17) is 4.52 Å². The molecule has 0 aromatic heterocycles. The first-order valence-electron chi connectivity index (χ1n) is 8.12. The van der Waals surface area contributed by atoms with Gasteiger partial charge in [-0.05, 0) is 37.5 Å². The van der Waals surface area contributed by atoms with Crippen LogP contribution in [0, 0.1) is 0 Å². The van der Waals surface area contributed by atoms with Crippen LogP contribution in [-0.4, -0.2) is 15.8 Å². The number of hydrogen-bond donors (Lipinski definition) is 2. The van der Waals surface area contributed by atoms with Crippen LogP contribution in [0.25, 0.3) is 0 Å². The fourth-order valence-corrected chi connectivity index (χ4v) is 3.42. The molecule has 0 amide bonds. The van der Waals surface area contributed by atoms with Crippen molar-refractivity contribution >= 4 is 14.0 Å². The first-order chi connectivity index (χ1) is 10.9. The molecule has 0 aliphatic heterocycles. The summed E-state index contributed by atoms with van der Waals surface area (Å²) in [5.41, 5.74) is -0.00905. The summed E-state index contributed by atoms with van der Waals surface area (Å²) in [6.45, 7) is 5.48. The lowest BCUT2D eigenvalue weighted by molar-refractivity contribution is 0.0389. The van der Waals surface area contributed by atoms with Gasteiger partial charge in [0.15, 0.2) is 5.78 Å². The van der Waals surface area contributed by atoms with Crippen molar-refractivity contribution in [2.75, 3.05) is 0 Å². The minimum atomic E-state index is -3.14. The van der Waals surface area contributed by atoms with Crippen LogP contribution >= 0.6 is 8.25 Å². The van der Waals surface area contributed by atoms with Gasteiger partial charge < -0.3 is 10.00 Å². The maximum Gasteiger partial charge on any atom is 0.317 e. The maximum atomic E-state index is 11.7. The summed E-state index contributed by atoms with van der Waals surface area (Å²) in [4.78, 5) is 21.1. The standard InChI is InChI=1S/C17H27O5P/c1-4-6-10-17(11-7-5-2,22-23(20)21)14-8-9-16(19)15(12-14)13(3)18/h8-9,12,19,23H,4-7,10-11H2,1-3H3,(H,20,21). The van der Waals surface area contributed by atoms with E-state index in [-0.39, 0.29) is 17.1 Å². The number of carbonyl (C=O) groups excluding carboxylic acids is 1. The molecule has 0 aliphatic rings. The molecular formula is C17H27O5P. The average molecular weight is 342 g/mol. The van der Waals surface area contributed by atoms with E-state index in [1.165, 1.54) is 13.0 Å². The molecule has 0 saturated carbocycles. The number of carbonyl (C=O) groups is 1. The number of ketones is 1. The highest BCUT2D eigenvalue weighted by atomic mass is 31.1. The molecule has 0 heterocycles. The Morgan fingerprint density at radius 1 is 1.22 bits per heavy atom. The predicted octanol–water partition coefficient (Wildman–Crippen LogP) is 4.57. The van der Waals surface area contributed by atoms with Gasteiger partial charge in [-0.25, -0.2) is 0 Å². The van der Waals surface area contributed by atoms with E-state index in [1.54, 1.807) is 12.1 Å². The van der Waals surface area contributed by atoms with E-state index in [0.717, 1.165) is 25.7 Å². The first kappa shape index (κ1) is 19.9. The first-order valence-corrected chi connectivity index (χ1v) is 9.39. The number of phenolic OH excluding ortho intramolecular Hbond substituents is 1. The zero-order valence-electron chi connectivity index (χ0n) is 14.1. The van der Waals surface area contributed by atoms with Gasteiger partial charge in [0.1, 0.15) is 11.4 Å². The Morgan fingerprint density at radius 3 is 2.22 bits per heavy atom. The quantitative estimate of drug-likeness (QED) is 0.481. The molecule has 1 unspecified atom stereocenters. The van der Waals surface area contributed by atoms with Crippen molar-refractivity contribution in [3.8, 4) is 5.75 Å². The van der Waals surface area contributed by atoms with Crippen LogP contribution in [-0.2, 0) is 14.7 Å². The smallest absolute Gasteiger partial charge is 0.317 e. The number of unbranched alkanes of at least 4 members (excludes halogenated alkanes) is 2. The highest BCUT2D eigenvalue weighted by Crippen LogP contribution is 2.43. The number of rotatable bonds is 10. The Bertz CT molecular complexity index is 548. The fraction of sp³-hybridized carbons (Fsp3) is 0.588. The van der Waals surface area contributed by atoms with Gasteiger partial charge in [-0.3, -0.25) is 13.9 Å². The van der Waals surface area contributed by atoms with Crippen LogP contribution in [0.1, 0.15) is 75.2 Å². The third-order valence-electron chi connectivity index (χ3n) is 4.05. The molecular weight excluding hydrogens is 315 g/mol. The molecule has 0 saturated heterocycles. The van der Waals surface area contributed by atoms with E-state index in [9.17, 15) is 19.4 Å². The molecule has 2 N–H and O–H groups in total. The van der Waals surface area contributed by atoms with Gasteiger partial charge in [-0.2, -0.15) is 0 Å². The predicted molar refractivity (Wildman–Crippen MR) is 91.1 cm³/mol. The molecule has 130 valence electrons. The molecule has 5 nitrogen and oxygen atoms in total. The maximum absolute atomic E-state index is 11.7. The number of Topliss-reactive ketones (excluding diaryl/α,β-unsaturated/α-hetero) is 1. The van der Waals surface area contributed by atoms with E-state index in [2.05, 4.69) is 0 Å². The van der Waals surface area contributed by atoms with Gasteiger partial charge in [-0.15, -0.1) is 0 Å². The Hall–Kier alpha value is -1.16. The number of benzene rings is 1. The van der Waals surface area contributed by atoms with E-state index >= 15 is 0 Å². The zero-order valence-corrected chi connectivity index (χ0v) is 15.1. The van der Waals surface area contributed by atoms with Crippen molar-refractivity contribution < 1.29 is 23.9 Å². The summed E-state index contributed by atoms with van der Waals surface area (Å²) in [7, 11) is -3.14. The van der Waals surface area contributed by atoms with Gasteiger partial charge >= 0.3 is 8.25 Å². The fourth-order valence-electron chi connectivity index (χ4n) is 2.77. The topological polar surface area (TPSA) is 83.8 Å². The summed E-state index contributed by atoms with van der Waals surface area (Å²) < 4.78 is 17.0. The molecule has 23 heavy (non-hydrogen) atoms.